The fourth-order valence-electron chi connectivity index (χ4n) is 5.00. The van der Waals surface area contributed by atoms with Crippen molar-refractivity contribution in [3.63, 3.8) is 0 Å². The van der Waals surface area contributed by atoms with Gasteiger partial charge in [-0.1, -0.05) is 36.4 Å². The molecule has 2 aromatic carbocycles. The number of hydrogen-bond donors (Lipinski definition) is 0. The van der Waals surface area contributed by atoms with Crippen molar-refractivity contribution in [2.45, 2.75) is 25.3 Å². The Labute approximate surface area is 205 Å². The van der Waals surface area contributed by atoms with Crippen LogP contribution in [0, 0.1) is 5.92 Å². The van der Waals surface area contributed by atoms with Gasteiger partial charge in [-0.05, 0) is 61.1 Å². The van der Waals surface area contributed by atoms with Crippen molar-refractivity contribution in [1.82, 2.24) is 14.8 Å². The minimum absolute atomic E-state index is 0.000670. The van der Waals surface area contributed by atoms with Gasteiger partial charge in [0.2, 0.25) is 6.79 Å². The average Bonchev–Trinajstić information content (AvgIpc) is 3.40. The summed E-state index contributed by atoms with van der Waals surface area (Å²) in [5.41, 5.74) is 2.25. The Balaban J connectivity index is 1.29. The highest BCUT2D eigenvalue weighted by Gasteiger charge is 2.34. The Morgan fingerprint density at radius 2 is 1.74 bits per heavy atom. The SMILES string of the molecule is CN(C(=O)c1ccccn1)[C@@H](Cc1ccccc1)C1CCN(C(=O)c2ccc3c(c2)OCO3)CC1. The number of carbonyl (C=O) groups excluding carboxylic acids is 2. The smallest absolute Gasteiger partial charge is 0.272 e. The second kappa shape index (κ2) is 10.2. The van der Waals surface area contributed by atoms with Gasteiger partial charge in [0.25, 0.3) is 11.8 Å². The van der Waals surface area contributed by atoms with Crippen LogP contribution in [0.15, 0.2) is 72.9 Å². The topological polar surface area (TPSA) is 72.0 Å². The highest BCUT2D eigenvalue weighted by atomic mass is 16.7. The first-order chi connectivity index (χ1) is 17.1. The Hall–Kier alpha value is -3.87. The van der Waals surface area contributed by atoms with Crippen LogP contribution in [0.25, 0.3) is 0 Å². The van der Waals surface area contributed by atoms with Crippen LogP contribution in [0.4, 0.5) is 0 Å². The standard InChI is InChI=1S/C28H29N3O4/c1-30(28(33)23-9-5-6-14-29-23)24(17-20-7-3-2-4-8-20)21-12-15-31(16-13-21)27(32)22-10-11-25-26(18-22)35-19-34-25/h2-11,14,18,21,24H,12-13,15-17,19H2,1H3/t24-/m0/s1. The van der Waals surface area contributed by atoms with Gasteiger partial charge < -0.3 is 19.3 Å². The van der Waals surface area contributed by atoms with E-state index in [1.165, 1.54) is 5.56 Å². The van der Waals surface area contributed by atoms with Crippen molar-refractivity contribution >= 4 is 11.8 Å². The molecule has 7 heteroatoms. The van der Waals surface area contributed by atoms with E-state index in [9.17, 15) is 9.59 Å². The summed E-state index contributed by atoms with van der Waals surface area (Å²) in [4.78, 5) is 34.4. The number of pyridine rings is 1. The maximum Gasteiger partial charge on any atom is 0.272 e. The highest BCUT2D eigenvalue weighted by Crippen LogP contribution is 2.34. The molecular formula is C28H29N3O4. The van der Waals surface area contributed by atoms with Gasteiger partial charge in [0, 0.05) is 37.9 Å². The fraction of sp³-hybridized carbons (Fsp3) is 0.321. The third kappa shape index (κ3) is 4.99. The molecule has 0 aliphatic carbocycles. The maximum absolute atomic E-state index is 13.2. The number of ether oxygens (including phenoxy) is 2. The van der Waals surface area contributed by atoms with Crippen LogP contribution >= 0.6 is 0 Å². The van der Waals surface area contributed by atoms with Gasteiger partial charge in [-0.3, -0.25) is 14.6 Å². The second-order valence-electron chi connectivity index (χ2n) is 9.09. The zero-order valence-corrected chi connectivity index (χ0v) is 19.8. The van der Waals surface area contributed by atoms with Crippen LogP contribution in [-0.2, 0) is 6.42 Å². The summed E-state index contributed by atoms with van der Waals surface area (Å²) in [7, 11) is 1.87. The molecule has 1 aromatic heterocycles. The molecule has 0 saturated carbocycles. The van der Waals surface area contributed by atoms with E-state index in [1.54, 1.807) is 30.5 Å². The lowest BCUT2D eigenvalue weighted by Crippen LogP contribution is -2.48. The number of aromatic nitrogens is 1. The number of likely N-dealkylation sites (tertiary alicyclic amines) is 1. The van der Waals surface area contributed by atoms with Crippen molar-refractivity contribution in [2.24, 2.45) is 5.92 Å². The second-order valence-corrected chi connectivity index (χ2v) is 9.09. The molecule has 3 aromatic rings. The van der Waals surface area contributed by atoms with Crippen LogP contribution in [-0.4, -0.2) is 59.6 Å². The van der Waals surface area contributed by atoms with Gasteiger partial charge in [-0.25, -0.2) is 0 Å². The van der Waals surface area contributed by atoms with Gasteiger partial charge in [-0.15, -0.1) is 0 Å². The molecule has 2 aliphatic rings. The Morgan fingerprint density at radius 1 is 1.00 bits per heavy atom. The predicted molar refractivity (Wildman–Crippen MR) is 131 cm³/mol. The molecule has 1 atom stereocenters. The summed E-state index contributed by atoms with van der Waals surface area (Å²) in [6.45, 7) is 1.48. The van der Waals surface area contributed by atoms with E-state index < -0.39 is 0 Å². The lowest BCUT2D eigenvalue weighted by molar-refractivity contribution is 0.0519. The van der Waals surface area contributed by atoms with Crippen molar-refractivity contribution in [3.8, 4) is 11.5 Å². The lowest BCUT2D eigenvalue weighted by Gasteiger charge is -2.40. The summed E-state index contributed by atoms with van der Waals surface area (Å²) in [5.74, 6) is 1.48. The van der Waals surface area contributed by atoms with E-state index in [0.717, 1.165) is 19.3 Å². The maximum atomic E-state index is 13.2. The summed E-state index contributed by atoms with van der Waals surface area (Å²) in [6.07, 6.45) is 4.06. The minimum atomic E-state index is -0.0783. The number of carbonyl (C=O) groups is 2. The normalized spacial score (nSPS) is 16.1. The molecule has 1 fully saturated rings. The molecule has 2 amide bonds. The molecule has 1 saturated heterocycles. The molecule has 180 valence electrons. The number of piperidine rings is 1. The average molecular weight is 472 g/mol. The van der Waals surface area contributed by atoms with Gasteiger partial charge >= 0.3 is 0 Å². The van der Waals surface area contributed by atoms with Crippen LogP contribution in [0.1, 0.15) is 39.3 Å². The van der Waals surface area contributed by atoms with Crippen molar-refractivity contribution in [2.75, 3.05) is 26.9 Å². The molecule has 0 radical (unpaired) electrons. The number of rotatable bonds is 6. The van der Waals surface area contributed by atoms with E-state index in [-0.39, 0.29) is 30.6 Å². The van der Waals surface area contributed by atoms with E-state index >= 15 is 0 Å². The molecule has 35 heavy (non-hydrogen) atoms. The number of benzene rings is 2. The number of hydrogen-bond acceptors (Lipinski definition) is 5. The largest absolute Gasteiger partial charge is 0.454 e. The quantitative estimate of drug-likeness (QED) is 0.543. The predicted octanol–water partition coefficient (Wildman–Crippen LogP) is 4.05. The van der Waals surface area contributed by atoms with Crippen LogP contribution < -0.4 is 9.47 Å². The molecule has 3 heterocycles. The summed E-state index contributed by atoms with van der Waals surface area (Å²) >= 11 is 0. The van der Waals surface area contributed by atoms with Crippen LogP contribution in [0.3, 0.4) is 0 Å². The van der Waals surface area contributed by atoms with Gasteiger partial charge in [0.05, 0.1) is 0 Å². The third-order valence-corrected chi connectivity index (χ3v) is 6.98. The van der Waals surface area contributed by atoms with Gasteiger partial charge in [0.1, 0.15) is 5.69 Å². The van der Waals surface area contributed by atoms with Crippen molar-refractivity contribution in [3.05, 3.63) is 89.7 Å². The first-order valence-corrected chi connectivity index (χ1v) is 12.0. The van der Waals surface area contributed by atoms with Gasteiger partial charge in [0.15, 0.2) is 11.5 Å². The summed E-state index contributed by atoms with van der Waals surface area (Å²) < 4.78 is 10.8. The first kappa shape index (κ1) is 22.9. The zero-order chi connectivity index (χ0) is 24.2. The molecule has 0 bridgehead atoms. The third-order valence-electron chi connectivity index (χ3n) is 6.98. The van der Waals surface area contributed by atoms with E-state index in [2.05, 4.69) is 17.1 Å². The van der Waals surface area contributed by atoms with Crippen molar-refractivity contribution < 1.29 is 19.1 Å². The summed E-state index contributed by atoms with van der Waals surface area (Å²) in [6, 6.07) is 21.0. The summed E-state index contributed by atoms with van der Waals surface area (Å²) in [5, 5.41) is 0. The van der Waals surface area contributed by atoms with Gasteiger partial charge in [-0.2, -0.15) is 0 Å². The zero-order valence-electron chi connectivity index (χ0n) is 19.8. The molecular weight excluding hydrogens is 442 g/mol. The Bertz CT molecular complexity index is 1180. The number of likely N-dealkylation sites (N-methyl/N-ethyl adjacent to an activating group) is 1. The number of fused-ring (bicyclic) bond motifs is 1. The van der Waals surface area contributed by atoms with E-state index in [0.29, 0.717) is 35.8 Å². The van der Waals surface area contributed by atoms with E-state index in [1.807, 2.05) is 47.2 Å². The molecule has 5 rings (SSSR count). The molecule has 2 aliphatic heterocycles. The van der Waals surface area contributed by atoms with Crippen LogP contribution in [0.2, 0.25) is 0 Å². The molecule has 0 unspecified atom stereocenters. The molecule has 0 N–H and O–H groups in total. The minimum Gasteiger partial charge on any atom is -0.454 e. The Morgan fingerprint density at radius 3 is 2.49 bits per heavy atom. The number of nitrogens with zero attached hydrogens (tertiary/aromatic N) is 3. The Kier molecular flexibility index (Phi) is 6.66. The van der Waals surface area contributed by atoms with Crippen molar-refractivity contribution in [1.29, 1.82) is 0 Å². The fourth-order valence-corrected chi connectivity index (χ4v) is 5.00. The monoisotopic (exact) mass is 471 g/mol. The van der Waals surface area contributed by atoms with E-state index in [4.69, 9.17) is 9.47 Å². The number of amides is 2. The molecule has 7 nitrogen and oxygen atoms in total. The lowest BCUT2D eigenvalue weighted by atomic mass is 9.84. The first-order valence-electron chi connectivity index (χ1n) is 12.0. The van der Waals surface area contributed by atoms with Crippen LogP contribution in [0.5, 0.6) is 11.5 Å². The highest BCUT2D eigenvalue weighted by molar-refractivity contribution is 5.95. The molecule has 0 spiro atoms.